The Hall–Kier alpha value is -6.90. The van der Waals surface area contributed by atoms with E-state index in [0.29, 0.717) is 0 Å². The molecule has 1 heterocycles. The topological polar surface area (TPSA) is 16.4 Å². The number of benzene rings is 9. The summed E-state index contributed by atoms with van der Waals surface area (Å²) in [6.45, 7) is 4.73. The Balaban J connectivity index is 1.27. The van der Waals surface area contributed by atoms with Crippen LogP contribution >= 0.6 is 0 Å². The Morgan fingerprint density at radius 1 is 0.418 bits per heavy atom. The van der Waals surface area contributed by atoms with Gasteiger partial charge in [-0.2, -0.15) is 0 Å². The highest BCUT2D eigenvalue weighted by atomic mass is 16.3. The molecule has 0 saturated carbocycles. The zero-order valence-electron chi connectivity index (χ0n) is 30.8. The molecule has 260 valence electrons. The molecule has 0 unspecified atom stereocenters. The van der Waals surface area contributed by atoms with Gasteiger partial charge in [0, 0.05) is 32.6 Å². The molecule has 11 rings (SSSR count). The van der Waals surface area contributed by atoms with Crippen molar-refractivity contribution in [3.05, 3.63) is 199 Å². The first kappa shape index (κ1) is 31.6. The van der Waals surface area contributed by atoms with E-state index in [0.717, 1.165) is 39.0 Å². The van der Waals surface area contributed by atoms with Crippen molar-refractivity contribution in [3.63, 3.8) is 0 Å². The molecule has 1 aliphatic carbocycles. The molecular weight excluding hydrogens is 667 g/mol. The maximum atomic E-state index is 6.84. The number of fused-ring (bicyclic) bond motifs is 8. The summed E-state index contributed by atoms with van der Waals surface area (Å²) in [4.78, 5) is 2.47. The predicted octanol–water partition coefficient (Wildman–Crippen LogP) is 15.0. The molecule has 1 aliphatic rings. The third kappa shape index (κ3) is 4.68. The van der Waals surface area contributed by atoms with Gasteiger partial charge in [-0.1, -0.05) is 178 Å². The summed E-state index contributed by atoms with van der Waals surface area (Å²) in [6, 6.07) is 68.3. The normalized spacial score (nSPS) is 13.1. The lowest BCUT2D eigenvalue weighted by molar-refractivity contribution is 0.660. The summed E-state index contributed by atoms with van der Waals surface area (Å²) in [5, 5.41) is 7.00. The van der Waals surface area contributed by atoms with Crippen LogP contribution in [0.3, 0.4) is 0 Å². The van der Waals surface area contributed by atoms with Gasteiger partial charge in [-0.05, 0) is 79.5 Å². The molecule has 0 amide bonds. The summed E-state index contributed by atoms with van der Waals surface area (Å²) in [7, 11) is 0. The molecule has 0 bridgehead atoms. The molecule has 0 atom stereocenters. The minimum atomic E-state index is -0.158. The van der Waals surface area contributed by atoms with Crippen molar-refractivity contribution in [3.8, 4) is 33.4 Å². The fourth-order valence-corrected chi connectivity index (χ4v) is 9.35. The molecule has 0 aliphatic heterocycles. The van der Waals surface area contributed by atoms with E-state index in [2.05, 4.69) is 207 Å². The first-order valence-electron chi connectivity index (χ1n) is 19.1. The van der Waals surface area contributed by atoms with E-state index in [-0.39, 0.29) is 5.41 Å². The fraction of sp³-hybridized carbons (Fsp3) is 0.0566. The molecule has 9 aromatic carbocycles. The van der Waals surface area contributed by atoms with Gasteiger partial charge in [0.15, 0.2) is 5.58 Å². The molecule has 10 aromatic rings. The van der Waals surface area contributed by atoms with Gasteiger partial charge in [-0.25, -0.2) is 0 Å². The lowest BCUT2D eigenvalue weighted by Gasteiger charge is -2.30. The maximum Gasteiger partial charge on any atom is 0.159 e. The highest BCUT2D eigenvalue weighted by molar-refractivity contribution is 6.23. The van der Waals surface area contributed by atoms with Gasteiger partial charge in [-0.15, -0.1) is 0 Å². The minimum absolute atomic E-state index is 0.158. The molecule has 0 saturated heterocycles. The van der Waals surface area contributed by atoms with Crippen molar-refractivity contribution < 1.29 is 4.42 Å². The van der Waals surface area contributed by atoms with Gasteiger partial charge in [0.25, 0.3) is 0 Å². The van der Waals surface area contributed by atoms with E-state index in [1.165, 1.54) is 66.1 Å². The van der Waals surface area contributed by atoms with E-state index in [1.807, 2.05) is 0 Å². The van der Waals surface area contributed by atoms with Crippen LogP contribution in [0.5, 0.6) is 0 Å². The summed E-state index contributed by atoms with van der Waals surface area (Å²) >= 11 is 0. The highest BCUT2D eigenvalue weighted by Gasteiger charge is 2.38. The second-order valence-corrected chi connectivity index (χ2v) is 15.2. The Labute approximate surface area is 320 Å². The van der Waals surface area contributed by atoms with E-state index in [9.17, 15) is 0 Å². The average molecular weight is 704 g/mol. The molecule has 55 heavy (non-hydrogen) atoms. The number of nitrogens with zero attached hydrogens (tertiary/aromatic N) is 1. The quantitative estimate of drug-likeness (QED) is 0.166. The number of furan rings is 1. The van der Waals surface area contributed by atoms with Crippen LogP contribution in [-0.2, 0) is 5.41 Å². The second-order valence-electron chi connectivity index (χ2n) is 15.2. The van der Waals surface area contributed by atoms with Crippen molar-refractivity contribution in [2.24, 2.45) is 0 Å². The van der Waals surface area contributed by atoms with Crippen LogP contribution < -0.4 is 4.90 Å². The summed E-state index contributed by atoms with van der Waals surface area (Å²) in [5.41, 5.74) is 15.0. The summed E-state index contributed by atoms with van der Waals surface area (Å²) in [6.07, 6.45) is 0. The van der Waals surface area contributed by atoms with E-state index in [1.54, 1.807) is 0 Å². The Morgan fingerprint density at radius 2 is 1.00 bits per heavy atom. The van der Waals surface area contributed by atoms with Gasteiger partial charge in [0.05, 0.1) is 11.4 Å². The smallest absolute Gasteiger partial charge is 0.159 e. The van der Waals surface area contributed by atoms with Crippen LogP contribution in [0.15, 0.2) is 192 Å². The van der Waals surface area contributed by atoms with Gasteiger partial charge >= 0.3 is 0 Å². The van der Waals surface area contributed by atoms with Crippen LogP contribution in [0, 0.1) is 0 Å². The van der Waals surface area contributed by atoms with Crippen molar-refractivity contribution in [1.82, 2.24) is 0 Å². The second kappa shape index (κ2) is 12.1. The fourth-order valence-electron chi connectivity index (χ4n) is 9.35. The van der Waals surface area contributed by atoms with E-state index in [4.69, 9.17) is 4.42 Å². The van der Waals surface area contributed by atoms with Crippen molar-refractivity contribution >= 4 is 60.5 Å². The first-order chi connectivity index (χ1) is 27.1. The third-order valence-corrected chi connectivity index (χ3v) is 11.8. The van der Waals surface area contributed by atoms with Crippen LogP contribution in [0.4, 0.5) is 17.1 Å². The van der Waals surface area contributed by atoms with Gasteiger partial charge < -0.3 is 9.32 Å². The monoisotopic (exact) mass is 703 g/mol. The van der Waals surface area contributed by atoms with Crippen molar-refractivity contribution in [2.75, 3.05) is 4.90 Å². The van der Waals surface area contributed by atoms with Crippen LogP contribution in [0.25, 0.3) is 76.9 Å². The van der Waals surface area contributed by atoms with E-state index >= 15 is 0 Å². The number of rotatable bonds is 5. The maximum absolute atomic E-state index is 6.84. The molecule has 2 nitrogen and oxygen atoms in total. The molecule has 0 radical (unpaired) electrons. The molecule has 0 spiro atoms. The summed E-state index contributed by atoms with van der Waals surface area (Å²) in [5.74, 6) is 0. The van der Waals surface area contributed by atoms with Gasteiger partial charge in [0.2, 0.25) is 0 Å². The first-order valence-corrected chi connectivity index (χ1v) is 19.1. The Kier molecular flexibility index (Phi) is 6.93. The molecular formula is C53H37NO. The third-order valence-electron chi connectivity index (χ3n) is 11.8. The molecule has 2 heteroatoms. The zero-order chi connectivity index (χ0) is 36.7. The van der Waals surface area contributed by atoms with Crippen LogP contribution in [-0.4, -0.2) is 0 Å². The largest absolute Gasteiger partial charge is 0.454 e. The summed E-state index contributed by atoms with van der Waals surface area (Å²) < 4.78 is 6.84. The average Bonchev–Trinajstić information content (AvgIpc) is 3.73. The number of hydrogen-bond acceptors (Lipinski definition) is 2. The predicted molar refractivity (Wildman–Crippen MR) is 232 cm³/mol. The van der Waals surface area contributed by atoms with Crippen molar-refractivity contribution in [2.45, 2.75) is 19.3 Å². The zero-order valence-corrected chi connectivity index (χ0v) is 30.8. The van der Waals surface area contributed by atoms with Crippen molar-refractivity contribution in [1.29, 1.82) is 0 Å². The van der Waals surface area contributed by atoms with Gasteiger partial charge in [0.1, 0.15) is 5.58 Å². The highest BCUT2D eigenvalue weighted by Crippen LogP contribution is 2.55. The lowest BCUT2D eigenvalue weighted by atomic mass is 9.82. The van der Waals surface area contributed by atoms with Crippen LogP contribution in [0.2, 0.25) is 0 Å². The molecule has 1 aromatic heterocycles. The standard InChI is InChI=1S/C53H37NO/c1-53(2)45-32-31-36(33-44(45)50-37(26-15-28-46(50)53)34-17-5-3-6-18-34)54(47-29-16-27-43-38-21-13-14-30-48(38)55-52(43)47)51-41-24-11-9-22-39(41)49(35-19-7-4-8-20-35)40-23-10-12-25-42(40)51/h3-33H,1-2H3. The molecule has 0 fully saturated rings. The van der Waals surface area contributed by atoms with Gasteiger partial charge in [-0.3, -0.25) is 0 Å². The number of para-hydroxylation sites is 2. The lowest BCUT2D eigenvalue weighted by Crippen LogP contribution is -2.15. The van der Waals surface area contributed by atoms with Crippen LogP contribution in [0.1, 0.15) is 25.0 Å². The number of hydrogen-bond donors (Lipinski definition) is 0. The Morgan fingerprint density at radius 3 is 1.71 bits per heavy atom. The minimum Gasteiger partial charge on any atom is -0.454 e. The SMILES string of the molecule is CC1(C)c2ccc(N(c3c4ccccc4c(-c4ccccc4)c4ccccc34)c3cccc4c3oc3ccccc34)cc2-c2c(-c3ccccc3)cccc21. The Bertz CT molecular complexity index is 3060. The molecule has 0 N–H and O–H groups in total. The number of anilines is 3. The van der Waals surface area contributed by atoms with E-state index < -0.39 is 0 Å².